The largest absolute Gasteiger partial charge is 0.503 e. The fraction of sp³-hybridized carbons (Fsp3) is 0.182. The van der Waals surface area contributed by atoms with Crippen molar-refractivity contribution in [2.75, 3.05) is 12.8 Å². The predicted molar refractivity (Wildman–Crippen MR) is 67.0 cm³/mol. The Morgan fingerprint density at radius 1 is 1.53 bits per heavy atom. The molecule has 2 aromatic rings. The SMILES string of the molecule is COc1cc(C)c(-c2cnoc2N)c(Br)c1O. The highest BCUT2D eigenvalue weighted by Crippen LogP contribution is 2.44. The first kappa shape index (κ1) is 11.8. The Kier molecular flexibility index (Phi) is 2.97. The maximum absolute atomic E-state index is 9.93. The molecule has 1 heterocycles. The molecule has 0 saturated carbocycles. The second kappa shape index (κ2) is 4.29. The van der Waals surface area contributed by atoms with Crippen molar-refractivity contribution in [3.63, 3.8) is 0 Å². The number of benzene rings is 1. The number of ether oxygens (including phenoxy) is 1. The third-order valence-electron chi connectivity index (χ3n) is 2.49. The highest BCUT2D eigenvalue weighted by Gasteiger charge is 2.19. The summed E-state index contributed by atoms with van der Waals surface area (Å²) in [5.74, 6) is 0.625. The molecule has 3 N–H and O–H groups in total. The van der Waals surface area contributed by atoms with E-state index in [0.29, 0.717) is 15.8 Å². The third kappa shape index (κ3) is 1.84. The number of phenols is 1. The van der Waals surface area contributed by atoms with Crippen LogP contribution in [-0.4, -0.2) is 17.4 Å². The van der Waals surface area contributed by atoms with Crippen LogP contribution in [0.25, 0.3) is 11.1 Å². The van der Waals surface area contributed by atoms with Crippen molar-refractivity contribution < 1.29 is 14.4 Å². The Labute approximate surface area is 106 Å². The van der Waals surface area contributed by atoms with Gasteiger partial charge in [0.1, 0.15) is 0 Å². The maximum atomic E-state index is 9.93. The summed E-state index contributed by atoms with van der Waals surface area (Å²) in [6.07, 6.45) is 1.51. The first-order valence-corrected chi connectivity index (χ1v) is 5.62. The Morgan fingerprint density at radius 3 is 2.76 bits per heavy atom. The van der Waals surface area contributed by atoms with E-state index in [0.717, 1.165) is 11.1 Å². The molecule has 2 rings (SSSR count). The molecular formula is C11H11BrN2O3. The normalized spacial score (nSPS) is 10.5. The van der Waals surface area contributed by atoms with E-state index in [-0.39, 0.29) is 11.6 Å². The lowest BCUT2D eigenvalue weighted by Crippen LogP contribution is -1.92. The molecule has 17 heavy (non-hydrogen) atoms. The van der Waals surface area contributed by atoms with Crippen LogP contribution in [0.4, 0.5) is 5.88 Å². The number of nitrogens with zero attached hydrogens (tertiary/aromatic N) is 1. The summed E-state index contributed by atoms with van der Waals surface area (Å²) in [5, 5.41) is 13.5. The van der Waals surface area contributed by atoms with Gasteiger partial charge in [-0.1, -0.05) is 5.16 Å². The van der Waals surface area contributed by atoms with Gasteiger partial charge in [0.25, 0.3) is 0 Å². The zero-order chi connectivity index (χ0) is 12.6. The van der Waals surface area contributed by atoms with Gasteiger partial charge in [0, 0.05) is 5.56 Å². The van der Waals surface area contributed by atoms with Crippen LogP contribution in [0.15, 0.2) is 21.3 Å². The molecule has 6 heteroatoms. The number of aromatic hydroxyl groups is 1. The molecule has 0 spiro atoms. The number of aromatic nitrogens is 1. The number of anilines is 1. The van der Waals surface area contributed by atoms with Crippen molar-refractivity contribution >= 4 is 21.8 Å². The second-order valence-electron chi connectivity index (χ2n) is 3.54. The van der Waals surface area contributed by atoms with Crippen molar-refractivity contribution in [3.05, 3.63) is 22.3 Å². The minimum Gasteiger partial charge on any atom is -0.503 e. The molecule has 0 fully saturated rings. The van der Waals surface area contributed by atoms with Gasteiger partial charge >= 0.3 is 0 Å². The molecular weight excluding hydrogens is 288 g/mol. The van der Waals surface area contributed by atoms with E-state index in [4.69, 9.17) is 15.0 Å². The van der Waals surface area contributed by atoms with Gasteiger partial charge in [-0.25, -0.2) is 0 Å². The van der Waals surface area contributed by atoms with E-state index < -0.39 is 0 Å². The van der Waals surface area contributed by atoms with E-state index in [9.17, 15) is 5.11 Å². The van der Waals surface area contributed by atoms with Gasteiger partial charge in [0.15, 0.2) is 11.5 Å². The molecule has 0 radical (unpaired) electrons. The van der Waals surface area contributed by atoms with Crippen LogP contribution < -0.4 is 10.5 Å². The summed E-state index contributed by atoms with van der Waals surface area (Å²) in [6.45, 7) is 1.88. The fourth-order valence-electron chi connectivity index (χ4n) is 1.66. The summed E-state index contributed by atoms with van der Waals surface area (Å²) in [6, 6.07) is 1.72. The molecule has 0 aliphatic heterocycles. The van der Waals surface area contributed by atoms with Gasteiger partial charge in [-0.3, -0.25) is 0 Å². The second-order valence-corrected chi connectivity index (χ2v) is 4.33. The van der Waals surface area contributed by atoms with Gasteiger partial charge in [0.2, 0.25) is 5.88 Å². The lowest BCUT2D eigenvalue weighted by atomic mass is 10.0. The average Bonchev–Trinajstić information content (AvgIpc) is 2.70. The zero-order valence-corrected chi connectivity index (χ0v) is 10.9. The van der Waals surface area contributed by atoms with E-state index in [2.05, 4.69) is 21.1 Å². The Morgan fingerprint density at radius 2 is 2.24 bits per heavy atom. The van der Waals surface area contributed by atoms with Crippen molar-refractivity contribution in [1.82, 2.24) is 5.16 Å². The number of phenolic OH excluding ortho intramolecular Hbond substituents is 1. The highest BCUT2D eigenvalue weighted by atomic mass is 79.9. The lowest BCUT2D eigenvalue weighted by molar-refractivity contribution is 0.372. The number of methoxy groups -OCH3 is 1. The molecule has 0 bridgehead atoms. The van der Waals surface area contributed by atoms with Crippen LogP contribution >= 0.6 is 15.9 Å². The monoisotopic (exact) mass is 298 g/mol. The average molecular weight is 299 g/mol. The Hall–Kier alpha value is -1.69. The number of rotatable bonds is 2. The maximum Gasteiger partial charge on any atom is 0.230 e. The Balaban J connectivity index is 2.72. The van der Waals surface area contributed by atoms with Crippen molar-refractivity contribution in [2.45, 2.75) is 6.92 Å². The van der Waals surface area contributed by atoms with Crippen LogP contribution in [0, 0.1) is 6.92 Å². The molecule has 0 aliphatic carbocycles. The van der Waals surface area contributed by atoms with E-state index in [1.807, 2.05) is 6.92 Å². The summed E-state index contributed by atoms with van der Waals surface area (Å²) in [5.41, 5.74) is 7.93. The number of nitrogen functional groups attached to an aromatic ring is 1. The first-order chi connectivity index (χ1) is 8.06. The van der Waals surface area contributed by atoms with Crippen LogP contribution in [0.1, 0.15) is 5.56 Å². The molecule has 90 valence electrons. The molecule has 0 aliphatic rings. The van der Waals surface area contributed by atoms with Crippen molar-refractivity contribution in [1.29, 1.82) is 0 Å². The quantitative estimate of drug-likeness (QED) is 0.891. The zero-order valence-electron chi connectivity index (χ0n) is 9.32. The molecule has 0 atom stereocenters. The summed E-state index contributed by atoms with van der Waals surface area (Å²) in [4.78, 5) is 0. The van der Waals surface area contributed by atoms with Crippen LogP contribution in [0.5, 0.6) is 11.5 Å². The molecule has 1 aromatic heterocycles. The number of halogens is 1. The number of hydrogen-bond acceptors (Lipinski definition) is 5. The number of aryl methyl sites for hydroxylation is 1. The summed E-state index contributed by atoms with van der Waals surface area (Å²) >= 11 is 3.32. The summed E-state index contributed by atoms with van der Waals surface area (Å²) < 4.78 is 10.4. The van der Waals surface area contributed by atoms with Crippen LogP contribution in [0.2, 0.25) is 0 Å². The number of nitrogens with two attached hydrogens (primary N) is 1. The first-order valence-electron chi connectivity index (χ1n) is 4.82. The van der Waals surface area contributed by atoms with E-state index in [1.54, 1.807) is 6.07 Å². The van der Waals surface area contributed by atoms with E-state index in [1.165, 1.54) is 13.3 Å². The van der Waals surface area contributed by atoms with E-state index >= 15 is 0 Å². The molecule has 0 saturated heterocycles. The van der Waals surface area contributed by atoms with Crippen molar-refractivity contribution in [2.24, 2.45) is 0 Å². The van der Waals surface area contributed by atoms with Gasteiger partial charge in [-0.05, 0) is 34.5 Å². The van der Waals surface area contributed by atoms with Crippen LogP contribution in [0.3, 0.4) is 0 Å². The fourth-order valence-corrected chi connectivity index (χ4v) is 2.38. The third-order valence-corrected chi connectivity index (χ3v) is 3.26. The lowest BCUT2D eigenvalue weighted by Gasteiger charge is -2.12. The van der Waals surface area contributed by atoms with Crippen LogP contribution in [-0.2, 0) is 0 Å². The van der Waals surface area contributed by atoms with Gasteiger partial charge in [-0.15, -0.1) is 0 Å². The van der Waals surface area contributed by atoms with Gasteiger partial charge < -0.3 is 20.1 Å². The standard InChI is InChI=1S/C11H11BrN2O3/c1-5-3-7(16-2)10(15)9(12)8(5)6-4-14-17-11(6)13/h3-4,15H,13H2,1-2H3. The topological polar surface area (TPSA) is 81.5 Å². The molecule has 1 aromatic carbocycles. The predicted octanol–water partition coefficient (Wildman–Crippen LogP) is 2.71. The minimum absolute atomic E-state index is 0.0219. The smallest absolute Gasteiger partial charge is 0.230 e. The van der Waals surface area contributed by atoms with Gasteiger partial charge in [-0.2, -0.15) is 0 Å². The number of hydrogen-bond donors (Lipinski definition) is 2. The van der Waals surface area contributed by atoms with Gasteiger partial charge in [0.05, 0.1) is 23.3 Å². The molecule has 5 nitrogen and oxygen atoms in total. The van der Waals surface area contributed by atoms with Crippen molar-refractivity contribution in [3.8, 4) is 22.6 Å². The Bertz CT molecular complexity index is 566. The molecule has 0 amide bonds. The summed E-state index contributed by atoms with van der Waals surface area (Å²) in [7, 11) is 1.49. The minimum atomic E-state index is 0.0219. The molecule has 0 unspecified atom stereocenters. The highest BCUT2D eigenvalue weighted by molar-refractivity contribution is 9.10.